The van der Waals surface area contributed by atoms with Crippen molar-refractivity contribution in [2.75, 3.05) is 39.4 Å². The SMILES string of the molecule is C=CCOCC1CCCN(CC2CCCCC2CCCNC(=O)c2ccc(-n3ccnc3)nc2)C1. The van der Waals surface area contributed by atoms with Crippen molar-refractivity contribution in [2.24, 2.45) is 17.8 Å². The van der Waals surface area contributed by atoms with E-state index in [1.807, 2.05) is 29.0 Å². The number of nitrogens with one attached hydrogen (secondary N) is 1. The van der Waals surface area contributed by atoms with Crippen LogP contribution in [0, 0.1) is 17.8 Å². The van der Waals surface area contributed by atoms with Crippen LogP contribution >= 0.6 is 0 Å². The van der Waals surface area contributed by atoms with Crippen molar-refractivity contribution in [2.45, 2.75) is 51.4 Å². The molecule has 7 heteroatoms. The Kier molecular flexibility index (Phi) is 9.90. The average molecular weight is 480 g/mol. The van der Waals surface area contributed by atoms with Gasteiger partial charge in [0.1, 0.15) is 12.1 Å². The Bertz CT molecular complexity index is 899. The van der Waals surface area contributed by atoms with Gasteiger partial charge < -0.3 is 15.0 Å². The zero-order valence-corrected chi connectivity index (χ0v) is 21.0. The van der Waals surface area contributed by atoms with Crippen molar-refractivity contribution in [3.8, 4) is 5.82 Å². The van der Waals surface area contributed by atoms with Gasteiger partial charge in [-0.05, 0) is 68.5 Å². The normalized spacial score (nSPS) is 23.1. The van der Waals surface area contributed by atoms with Crippen molar-refractivity contribution in [3.63, 3.8) is 0 Å². The van der Waals surface area contributed by atoms with Gasteiger partial charge in [-0.2, -0.15) is 0 Å². The van der Waals surface area contributed by atoms with Gasteiger partial charge in [-0.15, -0.1) is 6.58 Å². The number of aromatic nitrogens is 3. The van der Waals surface area contributed by atoms with E-state index in [0.29, 0.717) is 18.1 Å². The van der Waals surface area contributed by atoms with Crippen LogP contribution in [-0.4, -0.2) is 64.7 Å². The molecule has 2 aromatic rings. The molecule has 1 saturated carbocycles. The molecular weight excluding hydrogens is 438 g/mol. The van der Waals surface area contributed by atoms with Crippen molar-refractivity contribution in [1.29, 1.82) is 0 Å². The molecule has 1 saturated heterocycles. The van der Waals surface area contributed by atoms with E-state index in [0.717, 1.165) is 37.2 Å². The van der Waals surface area contributed by atoms with Crippen LogP contribution in [0.3, 0.4) is 0 Å². The van der Waals surface area contributed by atoms with Crippen LogP contribution in [0.25, 0.3) is 5.82 Å². The Labute approximate surface area is 210 Å². The lowest BCUT2D eigenvalue weighted by molar-refractivity contribution is 0.0567. The van der Waals surface area contributed by atoms with Crippen LogP contribution in [0.15, 0.2) is 49.7 Å². The molecule has 0 radical (unpaired) electrons. The van der Waals surface area contributed by atoms with Gasteiger partial charge in [0.05, 0.1) is 18.8 Å². The quantitative estimate of drug-likeness (QED) is 0.359. The van der Waals surface area contributed by atoms with Gasteiger partial charge >= 0.3 is 0 Å². The highest BCUT2D eigenvalue weighted by Crippen LogP contribution is 2.34. The number of hydrogen-bond donors (Lipinski definition) is 1. The molecule has 3 atom stereocenters. The van der Waals surface area contributed by atoms with Gasteiger partial charge in [0, 0.05) is 38.2 Å². The zero-order valence-electron chi connectivity index (χ0n) is 21.0. The van der Waals surface area contributed by atoms with E-state index in [1.54, 1.807) is 18.7 Å². The second-order valence-corrected chi connectivity index (χ2v) is 10.2. The van der Waals surface area contributed by atoms with Gasteiger partial charge in [0.15, 0.2) is 0 Å². The molecule has 0 bridgehead atoms. The fourth-order valence-electron chi connectivity index (χ4n) is 5.74. The number of ether oxygens (including phenoxy) is 1. The highest BCUT2D eigenvalue weighted by Gasteiger charge is 2.29. The smallest absolute Gasteiger partial charge is 0.252 e. The molecule has 2 fully saturated rings. The summed E-state index contributed by atoms with van der Waals surface area (Å²) in [4.78, 5) is 23.7. The van der Waals surface area contributed by atoms with E-state index in [-0.39, 0.29) is 5.91 Å². The number of imidazole rings is 1. The summed E-state index contributed by atoms with van der Waals surface area (Å²) < 4.78 is 7.56. The summed E-state index contributed by atoms with van der Waals surface area (Å²) in [7, 11) is 0. The highest BCUT2D eigenvalue weighted by atomic mass is 16.5. The lowest BCUT2D eigenvalue weighted by Gasteiger charge is -2.39. The summed E-state index contributed by atoms with van der Waals surface area (Å²) >= 11 is 0. The number of piperidine rings is 1. The summed E-state index contributed by atoms with van der Waals surface area (Å²) in [6, 6.07) is 3.67. The Hall–Kier alpha value is -2.51. The fraction of sp³-hybridized carbons (Fsp3) is 0.607. The van der Waals surface area contributed by atoms with Crippen molar-refractivity contribution in [3.05, 3.63) is 55.3 Å². The van der Waals surface area contributed by atoms with Crippen molar-refractivity contribution in [1.82, 2.24) is 24.8 Å². The van der Waals surface area contributed by atoms with Gasteiger partial charge in [0.25, 0.3) is 5.91 Å². The Morgan fingerprint density at radius 3 is 2.86 bits per heavy atom. The maximum Gasteiger partial charge on any atom is 0.252 e. The number of hydrogen-bond acceptors (Lipinski definition) is 5. The van der Waals surface area contributed by atoms with E-state index >= 15 is 0 Å². The molecule has 0 spiro atoms. The third-order valence-corrected chi connectivity index (χ3v) is 7.57. The molecule has 1 amide bonds. The minimum atomic E-state index is -0.0482. The molecule has 1 aliphatic carbocycles. The van der Waals surface area contributed by atoms with Gasteiger partial charge in [0.2, 0.25) is 0 Å². The average Bonchev–Trinajstić information content (AvgIpc) is 3.43. The molecule has 190 valence electrons. The maximum absolute atomic E-state index is 12.6. The van der Waals surface area contributed by atoms with Gasteiger partial charge in [-0.1, -0.05) is 25.3 Å². The summed E-state index contributed by atoms with van der Waals surface area (Å²) in [6.45, 7) is 9.61. The van der Waals surface area contributed by atoms with Crippen LogP contribution in [-0.2, 0) is 4.74 Å². The number of nitrogens with zero attached hydrogens (tertiary/aromatic N) is 4. The van der Waals surface area contributed by atoms with Crippen molar-refractivity contribution >= 4 is 5.91 Å². The molecule has 2 aromatic heterocycles. The molecule has 1 aliphatic heterocycles. The lowest BCUT2D eigenvalue weighted by atomic mass is 9.76. The van der Waals surface area contributed by atoms with Crippen LogP contribution in [0.4, 0.5) is 0 Å². The van der Waals surface area contributed by atoms with Crippen LogP contribution in [0.2, 0.25) is 0 Å². The number of rotatable bonds is 12. The number of carbonyl (C=O) groups excluding carboxylic acids is 1. The van der Waals surface area contributed by atoms with E-state index in [1.165, 1.54) is 64.6 Å². The first-order valence-corrected chi connectivity index (χ1v) is 13.4. The largest absolute Gasteiger partial charge is 0.377 e. The molecule has 35 heavy (non-hydrogen) atoms. The molecule has 3 heterocycles. The molecule has 3 unspecified atom stereocenters. The summed E-state index contributed by atoms with van der Waals surface area (Å²) in [5, 5.41) is 3.09. The molecule has 7 nitrogen and oxygen atoms in total. The monoisotopic (exact) mass is 479 g/mol. The number of likely N-dealkylation sites (tertiary alicyclic amines) is 1. The third kappa shape index (κ3) is 7.74. The Morgan fingerprint density at radius 1 is 1.20 bits per heavy atom. The van der Waals surface area contributed by atoms with E-state index in [2.05, 4.69) is 26.8 Å². The van der Waals surface area contributed by atoms with Crippen LogP contribution in [0.5, 0.6) is 0 Å². The van der Waals surface area contributed by atoms with Crippen LogP contribution in [0.1, 0.15) is 61.7 Å². The second kappa shape index (κ2) is 13.5. The Morgan fingerprint density at radius 2 is 2.09 bits per heavy atom. The highest BCUT2D eigenvalue weighted by molar-refractivity contribution is 5.93. The first kappa shape index (κ1) is 25.6. The van der Waals surface area contributed by atoms with Gasteiger partial charge in [-0.25, -0.2) is 9.97 Å². The molecule has 2 aliphatic rings. The van der Waals surface area contributed by atoms with Crippen molar-refractivity contribution < 1.29 is 9.53 Å². The lowest BCUT2D eigenvalue weighted by Crippen LogP contribution is -2.42. The first-order chi connectivity index (χ1) is 17.2. The molecular formula is C28H41N5O2. The predicted octanol–water partition coefficient (Wildman–Crippen LogP) is 4.50. The van der Waals surface area contributed by atoms with E-state index in [9.17, 15) is 4.79 Å². The standard InChI is InChI=1S/C28H41N5O2/c1-2-17-35-21-23-7-6-15-32(19-23)20-26-9-4-3-8-24(26)10-5-13-30-28(34)25-11-12-27(31-18-25)33-16-14-29-22-33/h2,11-12,14,16,18,22-24,26H,1,3-10,13,15,17,19-21H2,(H,30,34). The van der Waals surface area contributed by atoms with Crippen LogP contribution < -0.4 is 5.32 Å². The van der Waals surface area contributed by atoms with Gasteiger partial charge in [-0.3, -0.25) is 9.36 Å². The maximum atomic E-state index is 12.6. The molecule has 1 N–H and O–H groups in total. The molecule has 4 rings (SSSR count). The second-order valence-electron chi connectivity index (χ2n) is 10.2. The predicted molar refractivity (Wildman–Crippen MR) is 139 cm³/mol. The summed E-state index contributed by atoms with van der Waals surface area (Å²) in [5.74, 6) is 2.92. The molecule has 0 aromatic carbocycles. The Balaban J connectivity index is 1.18. The zero-order chi connectivity index (χ0) is 24.3. The third-order valence-electron chi connectivity index (χ3n) is 7.57. The summed E-state index contributed by atoms with van der Waals surface area (Å²) in [6.07, 6.45) is 18.9. The minimum absolute atomic E-state index is 0.0482. The number of carbonyl (C=O) groups is 1. The van der Waals surface area contributed by atoms with E-state index < -0.39 is 0 Å². The topological polar surface area (TPSA) is 72.3 Å². The van der Waals surface area contributed by atoms with E-state index in [4.69, 9.17) is 4.74 Å². The first-order valence-electron chi connectivity index (χ1n) is 13.4. The fourth-order valence-corrected chi connectivity index (χ4v) is 5.74. The minimum Gasteiger partial charge on any atom is -0.377 e. The summed E-state index contributed by atoms with van der Waals surface area (Å²) in [5.41, 5.74) is 0.598. The number of pyridine rings is 1. The number of amides is 1.